The Bertz CT molecular complexity index is 1280. The average Bonchev–Trinajstić information content (AvgIpc) is 3.11. The summed E-state index contributed by atoms with van der Waals surface area (Å²) in [5.74, 6) is -1.55. The van der Waals surface area contributed by atoms with Gasteiger partial charge in [-0.15, -0.1) is 0 Å². The van der Waals surface area contributed by atoms with Crippen molar-refractivity contribution in [2.75, 3.05) is 6.61 Å². The summed E-state index contributed by atoms with van der Waals surface area (Å²) in [5, 5.41) is 11.9. The molecule has 0 aromatic heterocycles. The minimum atomic E-state index is -4.66. The predicted octanol–water partition coefficient (Wildman–Crippen LogP) is 3.02. The van der Waals surface area contributed by atoms with Crippen molar-refractivity contribution < 1.29 is 36.6 Å². The fraction of sp³-hybridized carbons (Fsp3) is 0.167. The van der Waals surface area contributed by atoms with Gasteiger partial charge in [-0.2, -0.15) is 8.42 Å². The Kier molecular flexibility index (Phi) is 8.57. The molecule has 1 unspecified atom stereocenters. The number of alkyl carbamates (subject to hydrolysis) is 1. The Morgan fingerprint density at radius 2 is 1.46 bits per heavy atom. The molecule has 4 rings (SSSR count). The van der Waals surface area contributed by atoms with Gasteiger partial charge < -0.3 is 19.3 Å². The molecule has 3 N–H and O–H groups in total. The average molecular weight is 506 g/mol. The molecule has 0 heterocycles. The first-order chi connectivity index (χ1) is 16.2. The summed E-state index contributed by atoms with van der Waals surface area (Å²) in [6.45, 7) is 0.0495. The Hall–Kier alpha value is -2.89. The minimum absolute atomic E-state index is 0. The third-order valence-corrected chi connectivity index (χ3v) is 5.90. The van der Waals surface area contributed by atoms with E-state index in [2.05, 4.69) is 9.50 Å². The minimum Gasteiger partial charge on any atom is -0.480 e. The third-order valence-electron chi connectivity index (χ3n) is 5.50. The van der Waals surface area contributed by atoms with Gasteiger partial charge in [-0.1, -0.05) is 60.7 Å². The second-order valence-corrected chi connectivity index (χ2v) is 8.74. The van der Waals surface area contributed by atoms with Gasteiger partial charge in [0.1, 0.15) is 18.4 Å². The van der Waals surface area contributed by atoms with Crippen molar-refractivity contribution in [3.63, 3.8) is 0 Å². The molecule has 3 aromatic rings. The summed E-state index contributed by atoms with van der Waals surface area (Å²) in [6.07, 6.45) is -0.938. The zero-order chi connectivity index (χ0) is 24.3. The van der Waals surface area contributed by atoms with Gasteiger partial charge in [0.2, 0.25) is 0 Å². The van der Waals surface area contributed by atoms with E-state index in [1.807, 2.05) is 48.5 Å². The summed E-state index contributed by atoms with van der Waals surface area (Å²) < 4.78 is 40.0. The first-order valence-electron chi connectivity index (χ1n) is 10.3. The maximum absolute atomic E-state index is 12.4. The van der Waals surface area contributed by atoms with Crippen LogP contribution in [0.15, 0.2) is 72.8 Å². The maximum Gasteiger partial charge on any atom is 0.446 e. The molecule has 1 aliphatic rings. The molecule has 35 heavy (non-hydrogen) atoms. The smallest absolute Gasteiger partial charge is 0.446 e. The van der Waals surface area contributed by atoms with E-state index in [0.29, 0.717) is 5.56 Å². The Morgan fingerprint density at radius 3 is 1.97 bits per heavy atom. The standard InChI is InChI=1S/C24H21NO8S.Na/c26-23(27)22(13-15-9-11-16(12-10-15)33-34(29,30)31)25-24(28)32-14-21-19-7-3-1-5-17(19)18-6-2-4-8-20(18)21;/h1-12,21-22H,13-14H2,(H,25,28)(H,26,27)(H,29,30,31);. The third kappa shape index (κ3) is 6.62. The molecule has 9 nitrogen and oxygen atoms in total. The monoisotopic (exact) mass is 506 g/mol. The number of nitrogens with one attached hydrogen (secondary N) is 1. The van der Waals surface area contributed by atoms with Crippen molar-refractivity contribution in [2.45, 2.75) is 18.4 Å². The van der Waals surface area contributed by atoms with Crippen molar-refractivity contribution in [2.24, 2.45) is 0 Å². The number of ether oxygens (including phenoxy) is 1. The Balaban J connectivity index is 0.00000342. The van der Waals surface area contributed by atoms with Gasteiger partial charge in [0.25, 0.3) is 0 Å². The van der Waals surface area contributed by atoms with E-state index in [1.54, 1.807) is 0 Å². The number of carboxylic acid groups (broad SMARTS) is 1. The number of rotatable bonds is 8. The van der Waals surface area contributed by atoms with Crippen LogP contribution in [0.4, 0.5) is 4.79 Å². The normalized spacial score (nSPS) is 13.1. The van der Waals surface area contributed by atoms with Gasteiger partial charge in [0.05, 0.1) is 0 Å². The molecule has 0 aliphatic heterocycles. The summed E-state index contributed by atoms with van der Waals surface area (Å²) in [5.41, 5.74) is 4.74. The number of fused-ring (bicyclic) bond motifs is 3. The molecule has 1 amide bonds. The van der Waals surface area contributed by atoms with Crippen molar-refractivity contribution >= 4 is 52.0 Å². The fourth-order valence-corrected chi connectivity index (χ4v) is 4.38. The van der Waals surface area contributed by atoms with Crippen LogP contribution in [0.1, 0.15) is 22.6 Å². The topological polar surface area (TPSA) is 139 Å². The van der Waals surface area contributed by atoms with Crippen molar-refractivity contribution in [1.82, 2.24) is 5.32 Å². The molecule has 0 fully saturated rings. The van der Waals surface area contributed by atoms with E-state index >= 15 is 0 Å². The van der Waals surface area contributed by atoms with Crippen molar-refractivity contribution in [3.05, 3.63) is 89.5 Å². The van der Waals surface area contributed by atoms with Gasteiger partial charge in [-0.25, -0.2) is 9.59 Å². The van der Waals surface area contributed by atoms with Crippen LogP contribution in [0.25, 0.3) is 11.1 Å². The van der Waals surface area contributed by atoms with E-state index < -0.39 is 28.5 Å². The first-order valence-corrected chi connectivity index (χ1v) is 11.7. The molecule has 0 saturated heterocycles. The van der Waals surface area contributed by atoms with Gasteiger partial charge in [-0.05, 0) is 39.9 Å². The maximum atomic E-state index is 12.4. The quantitative estimate of drug-likeness (QED) is 0.313. The number of benzene rings is 3. The van der Waals surface area contributed by atoms with E-state index in [9.17, 15) is 23.1 Å². The van der Waals surface area contributed by atoms with Gasteiger partial charge in [0, 0.05) is 41.9 Å². The van der Waals surface area contributed by atoms with Crippen LogP contribution in [-0.2, 0) is 26.4 Å². The predicted molar refractivity (Wildman–Crippen MR) is 128 cm³/mol. The molecule has 1 radical (unpaired) electrons. The summed E-state index contributed by atoms with van der Waals surface area (Å²) >= 11 is 0. The van der Waals surface area contributed by atoms with E-state index in [1.165, 1.54) is 24.3 Å². The first kappa shape index (κ1) is 26.7. The molecule has 1 aliphatic carbocycles. The molecular formula is C24H21NNaO8S. The number of carbonyl (C=O) groups excluding carboxylic acids is 1. The number of amides is 1. The number of aliphatic carboxylic acids is 1. The molecule has 177 valence electrons. The summed E-state index contributed by atoms with van der Waals surface area (Å²) in [6, 6.07) is 19.8. The molecule has 11 heteroatoms. The van der Waals surface area contributed by atoms with Gasteiger partial charge in [-0.3, -0.25) is 4.55 Å². The number of carboxylic acids is 1. The number of carbonyl (C=O) groups is 2. The van der Waals surface area contributed by atoms with Crippen molar-refractivity contribution in [1.29, 1.82) is 0 Å². The van der Waals surface area contributed by atoms with Crippen molar-refractivity contribution in [3.8, 4) is 16.9 Å². The largest absolute Gasteiger partial charge is 0.480 e. The van der Waals surface area contributed by atoms with Crippen LogP contribution in [-0.4, -0.2) is 72.3 Å². The van der Waals surface area contributed by atoms with Crippen LogP contribution in [0.2, 0.25) is 0 Å². The Labute approximate surface area is 224 Å². The second-order valence-electron chi connectivity index (χ2n) is 7.72. The molecule has 0 bridgehead atoms. The molecule has 0 spiro atoms. The zero-order valence-electron chi connectivity index (χ0n) is 18.7. The SMILES string of the molecule is O=C(NC(Cc1ccc(OS(=O)(=O)O)cc1)C(=O)O)OCC1c2ccccc2-c2ccccc21.[Na]. The number of hydrogen-bond acceptors (Lipinski definition) is 6. The fourth-order valence-electron chi connectivity index (χ4n) is 4.02. The molecule has 1 atom stereocenters. The molecule has 0 saturated carbocycles. The van der Waals surface area contributed by atoms with Gasteiger partial charge in [0.15, 0.2) is 0 Å². The zero-order valence-corrected chi connectivity index (χ0v) is 21.6. The summed E-state index contributed by atoms with van der Waals surface area (Å²) in [7, 11) is -4.66. The van der Waals surface area contributed by atoms with E-state index in [0.717, 1.165) is 22.3 Å². The molecule has 3 aromatic carbocycles. The Morgan fingerprint density at radius 1 is 0.914 bits per heavy atom. The van der Waals surface area contributed by atoms with Crippen LogP contribution in [0.3, 0.4) is 0 Å². The summed E-state index contributed by atoms with van der Waals surface area (Å²) in [4.78, 5) is 24.1. The second kappa shape index (κ2) is 11.2. The van der Waals surface area contributed by atoms with Gasteiger partial charge >= 0.3 is 22.5 Å². The van der Waals surface area contributed by atoms with E-state index in [-0.39, 0.29) is 54.3 Å². The molecular weight excluding hydrogens is 485 g/mol. The van der Waals surface area contributed by atoms with E-state index in [4.69, 9.17) is 9.29 Å². The number of hydrogen-bond donors (Lipinski definition) is 3. The van der Waals surface area contributed by atoms with Crippen LogP contribution >= 0.6 is 0 Å². The van der Waals surface area contributed by atoms with Crippen LogP contribution < -0.4 is 9.50 Å². The van der Waals surface area contributed by atoms with Crippen LogP contribution in [0, 0.1) is 0 Å². The van der Waals surface area contributed by atoms with Crippen LogP contribution in [0.5, 0.6) is 5.75 Å².